The Morgan fingerprint density at radius 2 is 2.14 bits per heavy atom. The molecule has 0 saturated carbocycles. The average Bonchev–Trinajstić information content (AvgIpc) is 3.11. The van der Waals surface area contributed by atoms with Gasteiger partial charge in [0.2, 0.25) is 0 Å². The normalized spacial score (nSPS) is 11.0. The maximum Gasteiger partial charge on any atom is 0.148 e. The first-order valence-electron chi connectivity index (χ1n) is 6.16. The van der Waals surface area contributed by atoms with Crippen LogP contribution in [0.4, 0.5) is 10.8 Å². The van der Waals surface area contributed by atoms with Crippen LogP contribution in [0.3, 0.4) is 0 Å². The average molecular weight is 401 g/mol. The molecule has 110 valence electrons. The summed E-state index contributed by atoms with van der Waals surface area (Å²) in [6.45, 7) is 2.82. The minimum absolute atomic E-state index is 0.555. The van der Waals surface area contributed by atoms with E-state index in [2.05, 4.69) is 48.7 Å². The number of nitrogens with two attached hydrogens (primary N) is 1. The van der Waals surface area contributed by atoms with Gasteiger partial charge in [0, 0.05) is 27.2 Å². The van der Waals surface area contributed by atoms with Gasteiger partial charge in [-0.25, -0.2) is 4.98 Å². The molecular weight excluding hydrogens is 388 g/mol. The lowest BCUT2D eigenvalue weighted by molar-refractivity contribution is 0.953. The SMILES string of the molecule is Cc1nc(-c2c(N)nsc2N(C)Cc2cc(Br)cs2)cs1. The van der Waals surface area contributed by atoms with E-state index in [1.54, 1.807) is 22.7 Å². The fraction of sp³-hybridized carbons (Fsp3) is 0.231. The second-order valence-corrected chi connectivity index (χ2v) is 8.31. The van der Waals surface area contributed by atoms with Gasteiger partial charge < -0.3 is 10.6 Å². The van der Waals surface area contributed by atoms with Crippen LogP contribution in [0.1, 0.15) is 9.88 Å². The quantitative estimate of drug-likeness (QED) is 0.693. The van der Waals surface area contributed by atoms with E-state index in [-0.39, 0.29) is 0 Å². The molecule has 0 aromatic carbocycles. The number of halogens is 1. The summed E-state index contributed by atoms with van der Waals surface area (Å²) in [5, 5.41) is 6.22. The van der Waals surface area contributed by atoms with Crippen LogP contribution in [0, 0.1) is 6.92 Å². The Labute approximate surface area is 143 Å². The first-order chi connectivity index (χ1) is 10.0. The summed E-state index contributed by atoms with van der Waals surface area (Å²) in [5.74, 6) is 0.555. The summed E-state index contributed by atoms with van der Waals surface area (Å²) < 4.78 is 5.43. The third-order valence-electron chi connectivity index (χ3n) is 2.94. The van der Waals surface area contributed by atoms with Crippen molar-refractivity contribution in [1.82, 2.24) is 9.36 Å². The third-order valence-corrected chi connectivity index (χ3v) is 6.37. The number of nitrogens with zero attached hydrogens (tertiary/aromatic N) is 3. The number of anilines is 2. The molecule has 0 radical (unpaired) electrons. The van der Waals surface area contributed by atoms with Crippen LogP contribution in [0.25, 0.3) is 11.3 Å². The smallest absolute Gasteiger partial charge is 0.148 e. The maximum absolute atomic E-state index is 6.05. The fourth-order valence-electron chi connectivity index (χ4n) is 2.02. The molecule has 8 heteroatoms. The molecule has 0 saturated heterocycles. The van der Waals surface area contributed by atoms with Crippen molar-refractivity contribution >= 4 is 61.0 Å². The van der Waals surface area contributed by atoms with Crippen molar-refractivity contribution < 1.29 is 0 Å². The van der Waals surface area contributed by atoms with Gasteiger partial charge in [-0.05, 0) is 40.5 Å². The summed E-state index contributed by atoms with van der Waals surface area (Å²) in [4.78, 5) is 8.01. The van der Waals surface area contributed by atoms with Crippen LogP contribution in [0.15, 0.2) is 21.3 Å². The predicted molar refractivity (Wildman–Crippen MR) is 96.5 cm³/mol. The Balaban J connectivity index is 1.92. The summed E-state index contributed by atoms with van der Waals surface area (Å²) >= 11 is 8.28. The van der Waals surface area contributed by atoms with E-state index in [4.69, 9.17) is 5.73 Å². The van der Waals surface area contributed by atoms with Crippen LogP contribution in [-0.4, -0.2) is 16.4 Å². The Morgan fingerprint density at radius 1 is 1.33 bits per heavy atom. The molecule has 0 spiro atoms. The van der Waals surface area contributed by atoms with Crippen molar-refractivity contribution in [2.45, 2.75) is 13.5 Å². The topological polar surface area (TPSA) is 55.0 Å². The number of rotatable bonds is 4. The molecule has 0 aliphatic carbocycles. The van der Waals surface area contributed by atoms with E-state index < -0.39 is 0 Å². The lowest BCUT2D eigenvalue weighted by Gasteiger charge is -2.17. The van der Waals surface area contributed by atoms with Crippen LogP contribution in [0.5, 0.6) is 0 Å². The first kappa shape index (κ1) is 15.0. The molecule has 4 nitrogen and oxygen atoms in total. The van der Waals surface area contributed by atoms with E-state index in [0.29, 0.717) is 5.82 Å². The Hall–Kier alpha value is -0.960. The number of hydrogen-bond donors (Lipinski definition) is 1. The van der Waals surface area contributed by atoms with Crippen LogP contribution in [0.2, 0.25) is 0 Å². The molecule has 0 amide bonds. The van der Waals surface area contributed by atoms with E-state index in [0.717, 1.165) is 32.3 Å². The van der Waals surface area contributed by atoms with E-state index in [1.807, 2.05) is 12.3 Å². The molecule has 3 aromatic rings. The second kappa shape index (κ2) is 6.04. The van der Waals surface area contributed by atoms with Gasteiger partial charge in [-0.1, -0.05) is 0 Å². The number of aryl methyl sites for hydroxylation is 1. The number of thiazole rings is 1. The molecular formula is C13H13BrN4S3. The summed E-state index contributed by atoms with van der Waals surface area (Å²) in [6.07, 6.45) is 0. The number of hydrogen-bond acceptors (Lipinski definition) is 7. The molecule has 0 aliphatic rings. The van der Waals surface area contributed by atoms with Gasteiger partial charge in [0.1, 0.15) is 10.8 Å². The first-order valence-corrected chi connectivity index (χ1v) is 9.49. The van der Waals surface area contributed by atoms with Gasteiger partial charge in [0.05, 0.1) is 22.8 Å². The number of aromatic nitrogens is 2. The van der Waals surface area contributed by atoms with Crippen molar-refractivity contribution in [3.63, 3.8) is 0 Å². The highest BCUT2D eigenvalue weighted by molar-refractivity contribution is 9.10. The zero-order valence-corrected chi connectivity index (χ0v) is 15.5. The molecule has 0 fully saturated rings. The highest BCUT2D eigenvalue weighted by Gasteiger charge is 2.19. The zero-order valence-electron chi connectivity index (χ0n) is 11.5. The van der Waals surface area contributed by atoms with E-state index in [1.165, 1.54) is 16.4 Å². The van der Waals surface area contributed by atoms with Crippen molar-refractivity contribution in [3.8, 4) is 11.3 Å². The highest BCUT2D eigenvalue weighted by Crippen LogP contribution is 2.39. The molecule has 0 atom stereocenters. The van der Waals surface area contributed by atoms with Gasteiger partial charge in [0.15, 0.2) is 0 Å². The minimum Gasteiger partial charge on any atom is -0.382 e. The number of nitrogen functional groups attached to an aromatic ring is 1. The molecule has 0 aliphatic heterocycles. The van der Waals surface area contributed by atoms with Crippen molar-refractivity contribution in [2.24, 2.45) is 0 Å². The Kier molecular flexibility index (Phi) is 4.30. The molecule has 2 N–H and O–H groups in total. The van der Waals surface area contributed by atoms with Gasteiger partial charge in [-0.15, -0.1) is 22.7 Å². The van der Waals surface area contributed by atoms with Crippen molar-refractivity contribution in [2.75, 3.05) is 17.7 Å². The van der Waals surface area contributed by atoms with Crippen molar-refractivity contribution in [1.29, 1.82) is 0 Å². The van der Waals surface area contributed by atoms with Gasteiger partial charge in [-0.3, -0.25) is 0 Å². The van der Waals surface area contributed by atoms with Gasteiger partial charge in [0.25, 0.3) is 0 Å². The summed E-state index contributed by atoms with van der Waals surface area (Å²) in [5.41, 5.74) is 7.91. The largest absolute Gasteiger partial charge is 0.382 e. The van der Waals surface area contributed by atoms with E-state index >= 15 is 0 Å². The number of thiophene rings is 1. The molecule has 3 rings (SSSR count). The van der Waals surface area contributed by atoms with Crippen molar-refractivity contribution in [3.05, 3.63) is 31.2 Å². The maximum atomic E-state index is 6.05. The summed E-state index contributed by atoms with van der Waals surface area (Å²) in [7, 11) is 2.06. The van der Waals surface area contributed by atoms with Crippen LogP contribution >= 0.6 is 50.1 Å². The third kappa shape index (κ3) is 3.13. The monoisotopic (exact) mass is 400 g/mol. The zero-order chi connectivity index (χ0) is 15.0. The fourth-order valence-corrected chi connectivity index (χ4v) is 4.90. The van der Waals surface area contributed by atoms with Crippen LogP contribution < -0.4 is 10.6 Å². The van der Waals surface area contributed by atoms with E-state index in [9.17, 15) is 0 Å². The lowest BCUT2D eigenvalue weighted by atomic mass is 10.2. The highest BCUT2D eigenvalue weighted by atomic mass is 79.9. The van der Waals surface area contributed by atoms with Gasteiger partial charge >= 0.3 is 0 Å². The molecule has 3 aromatic heterocycles. The Bertz CT molecular complexity index is 761. The van der Waals surface area contributed by atoms with Crippen LogP contribution in [-0.2, 0) is 6.54 Å². The molecule has 3 heterocycles. The molecule has 0 unspecified atom stereocenters. The predicted octanol–water partition coefficient (Wildman–Crippen LogP) is 4.62. The standard InChI is InChI=1S/C13H13BrN4S3/c1-7-16-10(6-19-7)11-12(15)17-21-13(11)18(2)4-9-3-8(14)5-20-9/h3,5-6H,4H2,1-2H3,(H2,15,17). The second-order valence-electron chi connectivity index (χ2n) is 4.59. The molecule has 21 heavy (non-hydrogen) atoms. The van der Waals surface area contributed by atoms with Gasteiger partial charge in [-0.2, -0.15) is 4.37 Å². The summed E-state index contributed by atoms with van der Waals surface area (Å²) in [6, 6.07) is 2.14. The molecule has 0 bridgehead atoms. The minimum atomic E-state index is 0.555. The Morgan fingerprint density at radius 3 is 2.76 bits per heavy atom. The lowest BCUT2D eigenvalue weighted by Crippen LogP contribution is -2.15.